The van der Waals surface area contributed by atoms with Gasteiger partial charge in [0.15, 0.2) is 0 Å². The van der Waals surface area contributed by atoms with Crippen LogP contribution in [0.15, 0.2) is 60.3 Å². The normalized spacial score (nSPS) is 20.2. The van der Waals surface area contributed by atoms with Gasteiger partial charge in [-0.25, -0.2) is 0 Å². The molecule has 1 aromatic heterocycles. The summed E-state index contributed by atoms with van der Waals surface area (Å²) in [5.74, 6) is 2.06. The van der Waals surface area contributed by atoms with Gasteiger partial charge in [-0.2, -0.15) is 0 Å². The first kappa shape index (κ1) is 40.5. The number of benzene rings is 1. The summed E-state index contributed by atoms with van der Waals surface area (Å²) in [4.78, 5) is 21.8. The number of hydrogen-bond donors (Lipinski definition) is 1. The van der Waals surface area contributed by atoms with E-state index in [0.717, 1.165) is 43.5 Å². The van der Waals surface area contributed by atoms with Crippen molar-refractivity contribution in [3.63, 3.8) is 0 Å². The number of nitrogens with zero attached hydrogens (tertiary/aromatic N) is 1. The van der Waals surface area contributed by atoms with Gasteiger partial charge in [-0.05, 0) is 91.8 Å². The van der Waals surface area contributed by atoms with Crippen LogP contribution in [-0.2, 0) is 20.7 Å². The average Bonchev–Trinajstić information content (AvgIpc) is 3.48. The summed E-state index contributed by atoms with van der Waals surface area (Å²) in [5, 5.41) is 3.49. The van der Waals surface area contributed by atoms with Gasteiger partial charge >= 0.3 is 0 Å². The van der Waals surface area contributed by atoms with Gasteiger partial charge < -0.3 is 14.6 Å². The van der Waals surface area contributed by atoms with Crippen LogP contribution in [0.25, 0.3) is 5.69 Å². The third-order valence-corrected chi connectivity index (χ3v) is 9.88. The van der Waals surface area contributed by atoms with E-state index in [4.69, 9.17) is 16.3 Å². The first-order chi connectivity index (χ1) is 22.8. The third kappa shape index (κ3) is 12.7. The van der Waals surface area contributed by atoms with Crippen LogP contribution in [0.3, 0.4) is 0 Å². The molecule has 1 aliphatic heterocycles. The minimum Gasteiger partial charge on any atom is -0.376 e. The maximum absolute atomic E-state index is 11.6. The van der Waals surface area contributed by atoms with Crippen molar-refractivity contribution in [2.24, 2.45) is 17.8 Å². The van der Waals surface area contributed by atoms with Gasteiger partial charge in [0.05, 0.1) is 6.10 Å². The van der Waals surface area contributed by atoms with Gasteiger partial charge in [0.1, 0.15) is 5.78 Å². The van der Waals surface area contributed by atoms with E-state index in [9.17, 15) is 9.59 Å². The quantitative estimate of drug-likeness (QED) is 0.143. The van der Waals surface area contributed by atoms with E-state index in [1.807, 2.05) is 20.1 Å². The molecule has 0 fully saturated rings. The number of amides is 1. The summed E-state index contributed by atoms with van der Waals surface area (Å²) >= 11 is 6.46. The monoisotopic (exact) mass is 666 g/mol. The van der Waals surface area contributed by atoms with Crippen LogP contribution in [0.5, 0.6) is 0 Å². The fourth-order valence-corrected chi connectivity index (χ4v) is 7.15. The maximum atomic E-state index is 11.6. The lowest BCUT2D eigenvalue weighted by molar-refractivity contribution is -0.120. The number of fused-ring (bicyclic) bond motifs is 3. The Hall–Kier alpha value is -2.63. The molecule has 0 spiro atoms. The van der Waals surface area contributed by atoms with E-state index in [1.165, 1.54) is 54.6 Å². The zero-order chi connectivity index (χ0) is 34.6. The van der Waals surface area contributed by atoms with Crippen LogP contribution in [-0.4, -0.2) is 36.5 Å². The Labute approximate surface area is 291 Å². The summed E-state index contributed by atoms with van der Waals surface area (Å²) in [6, 6.07) is 10.7. The third-order valence-electron chi connectivity index (χ3n) is 9.65. The molecule has 1 N–H and O–H groups in total. The van der Waals surface area contributed by atoms with Gasteiger partial charge in [0.25, 0.3) is 0 Å². The Morgan fingerprint density at radius 2 is 1.83 bits per heavy atom. The summed E-state index contributed by atoms with van der Waals surface area (Å²) in [5.41, 5.74) is 5.27. The average molecular weight is 667 g/mol. The van der Waals surface area contributed by atoms with E-state index < -0.39 is 0 Å². The van der Waals surface area contributed by atoms with Crippen LogP contribution in [0, 0.1) is 17.8 Å². The molecule has 0 bridgehead atoms. The van der Waals surface area contributed by atoms with Crippen LogP contribution < -0.4 is 5.32 Å². The van der Waals surface area contributed by atoms with E-state index in [-0.39, 0.29) is 6.10 Å². The molecule has 47 heavy (non-hydrogen) atoms. The molecule has 2 aliphatic rings. The fourth-order valence-electron chi connectivity index (χ4n) is 6.97. The number of hydrogen-bond acceptors (Lipinski definition) is 3. The molecule has 1 aliphatic carbocycles. The van der Waals surface area contributed by atoms with Crippen LogP contribution in [0.2, 0.25) is 5.02 Å². The number of rotatable bonds is 16. The highest BCUT2D eigenvalue weighted by molar-refractivity contribution is 6.30. The zero-order valence-corrected chi connectivity index (χ0v) is 31.2. The number of methoxy groups -OCH3 is 1. The number of ketones is 1. The van der Waals surface area contributed by atoms with Crippen molar-refractivity contribution in [1.29, 1.82) is 0 Å². The molecular formula is C41H63ClN2O3. The van der Waals surface area contributed by atoms with Gasteiger partial charge in [-0.3, -0.25) is 9.59 Å². The molecule has 1 aromatic carbocycles. The minimum atomic E-state index is 0.114. The Kier molecular flexibility index (Phi) is 19.7. The lowest BCUT2D eigenvalue weighted by Gasteiger charge is -2.37. The summed E-state index contributed by atoms with van der Waals surface area (Å²) in [6.07, 6.45) is 22.6. The number of unbranched alkanes of at least 4 members (excludes halogenated alkanes) is 3. The fraction of sp³-hybridized carbons (Fsp3) is 0.610. The van der Waals surface area contributed by atoms with Crippen molar-refractivity contribution in [3.05, 3.63) is 76.6 Å². The van der Waals surface area contributed by atoms with Crippen molar-refractivity contribution in [2.45, 2.75) is 131 Å². The number of ether oxygens (including phenoxy) is 1. The van der Waals surface area contributed by atoms with Crippen molar-refractivity contribution in [1.82, 2.24) is 9.88 Å². The highest BCUT2D eigenvalue weighted by Gasteiger charge is 2.39. The molecule has 4 rings (SSSR count). The maximum Gasteiger partial charge on any atom is 0.207 e. The predicted octanol–water partition coefficient (Wildman–Crippen LogP) is 10.8. The summed E-state index contributed by atoms with van der Waals surface area (Å²) in [6.45, 7) is 13.8. The Bertz CT molecular complexity index is 1250. The Morgan fingerprint density at radius 3 is 2.47 bits per heavy atom. The topological polar surface area (TPSA) is 60.3 Å². The molecule has 0 saturated carbocycles. The van der Waals surface area contributed by atoms with Crippen molar-refractivity contribution in [2.75, 3.05) is 13.7 Å². The van der Waals surface area contributed by atoms with Crippen molar-refractivity contribution < 1.29 is 14.3 Å². The van der Waals surface area contributed by atoms with E-state index >= 15 is 0 Å². The molecule has 6 heteroatoms. The van der Waals surface area contributed by atoms with Gasteiger partial charge in [-0.15, -0.1) is 0 Å². The number of carbonyl (C=O) groups excluding carboxylic acids is 2. The highest BCUT2D eigenvalue weighted by atomic mass is 35.5. The van der Waals surface area contributed by atoms with Crippen molar-refractivity contribution >= 4 is 23.8 Å². The molecular weight excluding hydrogens is 604 g/mol. The minimum absolute atomic E-state index is 0.114. The molecule has 5 atom stereocenters. The predicted molar refractivity (Wildman–Crippen MR) is 200 cm³/mol. The molecule has 0 saturated heterocycles. The van der Waals surface area contributed by atoms with Crippen LogP contribution in [0.1, 0.15) is 129 Å². The molecule has 5 unspecified atom stereocenters. The first-order valence-electron chi connectivity index (χ1n) is 18.3. The standard InChI is InChI=1S/C23H26ClNO.C14H27NO2.C4H10/c1-4-16-13-18-8-6-12-25(18)21-11-10-17(24)14-20(21)22(16)19-9-5-7-15(2)23(19)26-3;1-3-5-6-8-13(9-10-15-12-16)11-14(17)7-4-2;1-3-4-2/h5-12,14,16,19,22-23H,4,13H2,1-3H3;12-13H,3-11H2,1-2H3,(H,15,16);3-4H2,1-2H3. The second-order valence-corrected chi connectivity index (χ2v) is 13.7. The molecule has 2 aromatic rings. The highest BCUT2D eigenvalue weighted by Crippen LogP contribution is 2.46. The number of nitrogens with one attached hydrogen (secondary N) is 1. The van der Waals surface area contributed by atoms with Gasteiger partial charge in [0.2, 0.25) is 6.41 Å². The van der Waals surface area contributed by atoms with Gasteiger partial charge in [-0.1, -0.05) is 103 Å². The van der Waals surface area contributed by atoms with Crippen LogP contribution >= 0.6 is 11.6 Å². The molecule has 2 heterocycles. The zero-order valence-electron chi connectivity index (χ0n) is 30.4. The molecule has 5 nitrogen and oxygen atoms in total. The molecule has 262 valence electrons. The second-order valence-electron chi connectivity index (χ2n) is 13.2. The Balaban J connectivity index is 0.000000317. The van der Waals surface area contributed by atoms with Crippen molar-refractivity contribution in [3.8, 4) is 5.69 Å². The van der Waals surface area contributed by atoms with Gasteiger partial charge in [0, 0.05) is 55.0 Å². The van der Waals surface area contributed by atoms with E-state index in [1.54, 1.807) is 0 Å². The van der Waals surface area contributed by atoms with E-state index in [0.29, 0.717) is 48.8 Å². The van der Waals surface area contributed by atoms with Crippen LogP contribution in [0.4, 0.5) is 0 Å². The molecule has 0 radical (unpaired) electrons. The lowest BCUT2D eigenvalue weighted by atomic mass is 9.70. The summed E-state index contributed by atoms with van der Waals surface area (Å²) in [7, 11) is 1.83. The molecule has 1 amide bonds. The van der Waals surface area contributed by atoms with E-state index in [2.05, 4.69) is 93.2 Å². The largest absolute Gasteiger partial charge is 0.376 e. The Morgan fingerprint density at radius 1 is 1.06 bits per heavy atom. The number of carbonyl (C=O) groups is 2. The number of allylic oxidation sites excluding steroid dienone is 2. The lowest BCUT2D eigenvalue weighted by Crippen LogP contribution is -2.33. The second kappa shape index (κ2) is 22.9. The number of aromatic nitrogens is 1. The number of Topliss-reactive ketones (excluding diaryl/α,β-unsaturated/α-hetero) is 1. The number of halogens is 1. The summed E-state index contributed by atoms with van der Waals surface area (Å²) < 4.78 is 8.29. The SMILES string of the molecule is CCC1Cc2cccn2-c2ccc(Cl)cc2C1C1C=CC=C(C)C1OC.CCCC.CCCCCC(CCNC=O)CC(=O)CCC. The smallest absolute Gasteiger partial charge is 0.207 e. The first-order valence-corrected chi connectivity index (χ1v) is 18.7.